The predicted octanol–water partition coefficient (Wildman–Crippen LogP) is 3.51. The summed E-state index contributed by atoms with van der Waals surface area (Å²) in [4.78, 5) is 0. The first-order valence-corrected chi connectivity index (χ1v) is 7.00. The zero-order valence-electron chi connectivity index (χ0n) is 9.75. The third-order valence-electron chi connectivity index (χ3n) is 5.57. The van der Waals surface area contributed by atoms with Crippen LogP contribution in [0.3, 0.4) is 0 Å². The second kappa shape index (κ2) is 3.76. The molecule has 3 atom stereocenters. The standard InChI is InChI=1S/C14H24O/c15-13-10-14(8-4-1-5-9-14)12-7-3-2-6-11(12)13/h11-13,15H,1-10H2/t11-,12+,13-/m1/s1. The molecule has 1 nitrogen and oxygen atoms in total. The van der Waals surface area contributed by atoms with E-state index in [0.717, 1.165) is 12.3 Å². The summed E-state index contributed by atoms with van der Waals surface area (Å²) >= 11 is 0. The molecule has 1 N–H and O–H groups in total. The molecule has 0 aromatic heterocycles. The van der Waals surface area contributed by atoms with Crippen LogP contribution in [0.1, 0.15) is 64.2 Å². The van der Waals surface area contributed by atoms with Crippen LogP contribution in [-0.4, -0.2) is 11.2 Å². The van der Waals surface area contributed by atoms with Gasteiger partial charge in [0.15, 0.2) is 0 Å². The van der Waals surface area contributed by atoms with Gasteiger partial charge in [0.1, 0.15) is 0 Å². The number of rotatable bonds is 0. The molecule has 0 unspecified atom stereocenters. The molecular formula is C14H24O. The van der Waals surface area contributed by atoms with E-state index in [9.17, 15) is 5.11 Å². The van der Waals surface area contributed by atoms with E-state index in [4.69, 9.17) is 0 Å². The Morgan fingerprint density at radius 1 is 0.867 bits per heavy atom. The van der Waals surface area contributed by atoms with Gasteiger partial charge in [-0.1, -0.05) is 32.1 Å². The molecule has 3 aliphatic rings. The molecule has 0 aromatic carbocycles. The molecule has 0 bridgehead atoms. The van der Waals surface area contributed by atoms with Crippen LogP contribution in [0, 0.1) is 17.3 Å². The maximum atomic E-state index is 10.2. The van der Waals surface area contributed by atoms with Gasteiger partial charge in [-0.15, -0.1) is 0 Å². The van der Waals surface area contributed by atoms with Crippen LogP contribution in [0.25, 0.3) is 0 Å². The zero-order valence-corrected chi connectivity index (χ0v) is 9.75. The Bertz CT molecular complexity index is 229. The van der Waals surface area contributed by atoms with Crippen molar-refractivity contribution in [2.24, 2.45) is 17.3 Å². The minimum atomic E-state index is 0.0494. The van der Waals surface area contributed by atoms with E-state index in [-0.39, 0.29) is 6.10 Å². The molecular weight excluding hydrogens is 184 g/mol. The van der Waals surface area contributed by atoms with Gasteiger partial charge in [-0.2, -0.15) is 0 Å². The van der Waals surface area contributed by atoms with Crippen molar-refractivity contribution < 1.29 is 5.11 Å². The maximum Gasteiger partial charge on any atom is 0.0576 e. The Hall–Kier alpha value is -0.0400. The number of hydrogen-bond acceptors (Lipinski definition) is 1. The quantitative estimate of drug-likeness (QED) is 0.646. The summed E-state index contributed by atoms with van der Waals surface area (Å²) in [6.45, 7) is 0. The van der Waals surface area contributed by atoms with E-state index in [1.54, 1.807) is 0 Å². The van der Waals surface area contributed by atoms with E-state index >= 15 is 0 Å². The van der Waals surface area contributed by atoms with E-state index in [0.29, 0.717) is 11.3 Å². The summed E-state index contributed by atoms with van der Waals surface area (Å²) < 4.78 is 0. The SMILES string of the molecule is O[C@@H]1CC2(CCCCC2)[C@H]2CCCC[C@@H]12. The molecule has 0 radical (unpaired) electrons. The Balaban J connectivity index is 1.83. The first kappa shape index (κ1) is 10.1. The molecule has 0 amide bonds. The third kappa shape index (κ3) is 1.54. The van der Waals surface area contributed by atoms with E-state index in [1.807, 2.05) is 0 Å². The highest BCUT2D eigenvalue weighted by molar-refractivity contribution is 5.02. The summed E-state index contributed by atoms with van der Waals surface area (Å²) in [6.07, 6.45) is 13.9. The van der Waals surface area contributed by atoms with E-state index in [2.05, 4.69) is 0 Å². The monoisotopic (exact) mass is 208 g/mol. The van der Waals surface area contributed by atoms with Crippen molar-refractivity contribution in [1.82, 2.24) is 0 Å². The van der Waals surface area contributed by atoms with Crippen LogP contribution in [0.4, 0.5) is 0 Å². The van der Waals surface area contributed by atoms with Crippen molar-refractivity contribution in [3.8, 4) is 0 Å². The van der Waals surface area contributed by atoms with Crippen LogP contribution in [0.2, 0.25) is 0 Å². The summed E-state index contributed by atoms with van der Waals surface area (Å²) in [5.74, 6) is 1.57. The fourth-order valence-corrected chi connectivity index (χ4v) is 4.93. The minimum absolute atomic E-state index is 0.0494. The topological polar surface area (TPSA) is 20.2 Å². The van der Waals surface area contributed by atoms with Crippen molar-refractivity contribution in [2.45, 2.75) is 70.3 Å². The maximum absolute atomic E-state index is 10.2. The van der Waals surface area contributed by atoms with Crippen molar-refractivity contribution in [2.75, 3.05) is 0 Å². The van der Waals surface area contributed by atoms with E-state index < -0.39 is 0 Å². The first-order chi connectivity index (χ1) is 7.32. The van der Waals surface area contributed by atoms with Gasteiger partial charge in [0.05, 0.1) is 6.10 Å². The molecule has 86 valence electrons. The van der Waals surface area contributed by atoms with Gasteiger partial charge in [-0.3, -0.25) is 0 Å². The summed E-state index contributed by atoms with van der Waals surface area (Å²) in [6, 6.07) is 0. The fraction of sp³-hybridized carbons (Fsp3) is 1.00. The zero-order chi connectivity index (χ0) is 10.3. The predicted molar refractivity (Wildman–Crippen MR) is 61.6 cm³/mol. The number of fused-ring (bicyclic) bond motifs is 2. The molecule has 0 aliphatic heterocycles. The highest BCUT2D eigenvalue weighted by Crippen LogP contribution is 2.59. The van der Waals surface area contributed by atoms with Gasteiger partial charge in [-0.25, -0.2) is 0 Å². The van der Waals surface area contributed by atoms with Crippen LogP contribution < -0.4 is 0 Å². The third-order valence-corrected chi connectivity index (χ3v) is 5.57. The van der Waals surface area contributed by atoms with E-state index in [1.165, 1.54) is 57.8 Å². The van der Waals surface area contributed by atoms with Crippen molar-refractivity contribution >= 4 is 0 Å². The average Bonchev–Trinajstić information content (AvgIpc) is 2.55. The van der Waals surface area contributed by atoms with Gasteiger partial charge < -0.3 is 5.11 Å². The molecule has 1 spiro atoms. The van der Waals surface area contributed by atoms with Crippen LogP contribution in [0.5, 0.6) is 0 Å². The lowest BCUT2D eigenvalue weighted by molar-refractivity contribution is 0.0744. The molecule has 3 rings (SSSR count). The lowest BCUT2D eigenvalue weighted by Crippen LogP contribution is -2.32. The number of hydrogen-bond donors (Lipinski definition) is 1. The number of aliphatic hydroxyl groups excluding tert-OH is 1. The number of aliphatic hydroxyl groups is 1. The summed E-state index contributed by atoms with van der Waals surface area (Å²) in [5, 5.41) is 10.2. The highest BCUT2D eigenvalue weighted by atomic mass is 16.3. The molecule has 0 aromatic rings. The Labute approximate surface area is 93.3 Å². The minimum Gasteiger partial charge on any atom is -0.393 e. The molecule has 0 heterocycles. The summed E-state index contributed by atoms with van der Waals surface area (Å²) in [5.41, 5.74) is 0.586. The molecule has 15 heavy (non-hydrogen) atoms. The normalized spacial score (nSPS) is 44.2. The van der Waals surface area contributed by atoms with Crippen molar-refractivity contribution in [3.63, 3.8) is 0 Å². The molecule has 1 heteroatoms. The van der Waals surface area contributed by atoms with Crippen LogP contribution >= 0.6 is 0 Å². The van der Waals surface area contributed by atoms with Crippen LogP contribution in [0.15, 0.2) is 0 Å². The van der Waals surface area contributed by atoms with Gasteiger partial charge in [-0.05, 0) is 49.4 Å². The van der Waals surface area contributed by atoms with Crippen molar-refractivity contribution in [1.29, 1.82) is 0 Å². The van der Waals surface area contributed by atoms with Crippen molar-refractivity contribution in [3.05, 3.63) is 0 Å². The first-order valence-electron chi connectivity index (χ1n) is 7.00. The van der Waals surface area contributed by atoms with Gasteiger partial charge in [0.2, 0.25) is 0 Å². The van der Waals surface area contributed by atoms with Crippen LogP contribution in [-0.2, 0) is 0 Å². The molecule has 3 fully saturated rings. The fourth-order valence-electron chi connectivity index (χ4n) is 4.93. The van der Waals surface area contributed by atoms with Gasteiger partial charge in [0, 0.05) is 0 Å². The van der Waals surface area contributed by atoms with Gasteiger partial charge in [0.25, 0.3) is 0 Å². The Morgan fingerprint density at radius 3 is 2.40 bits per heavy atom. The van der Waals surface area contributed by atoms with Gasteiger partial charge >= 0.3 is 0 Å². The second-order valence-electron chi connectivity index (χ2n) is 6.25. The smallest absolute Gasteiger partial charge is 0.0576 e. The second-order valence-corrected chi connectivity index (χ2v) is 6.25. The molecule has 3 saturated carbocycles. The Morgan fingerprint density at radius 2 is 1.60 bits per heavy atom. The largest absolute Gasteiger partial charge is 0.393 e. The average molecular weight is 208 g/mol. The molecule has 3 aliphatic carbocycles. The lowest BCUT2D eigenvalue weighted by Gasteiger charge is -2.42. The Kier molecular flexibility index (Phi) is 2.54. The highest BCUT2D eigenvalue weighted by Gasteiger charge is 2.52. The molecule has 0 saturated heterocycles. The lowest BCUT2D eigenvalue weighted by atomic mass is 9.63. The summed E-state index contributed by atoms with van der Waals surface area (Å²) in [7, 11) is 0.